The molecule has 0 fully saturated rings. The summed E-state index contributed by atoms with van der Waals surface area (Å²) in [6.45, 7) is 4.98. The van der Waals surface area contributed by atoms with Crippen molar-refractivity contribution in [2.75, 3.05) is 26.6 Å². The summed E-state index contributed by atoms with van der Waals surface area (Å²) in [7, 11) is 0. The van der Waals surface area contributed by atoms with Crippen LogP contribution in [0.3, 0.4) is 0 Å². The van der Waals surface area contributed by atoms with Crippen LogP contribution in [0, 0.1) is 0 Å². The minimum absolute atomic E-state index is 0.277. The Hall–Kier alpha value is -1.99. The summed E-state index contributed by atoms with van der Waals surface area (Å²) >= 11 is 0. The van der Waals surface area contributed by atoms with Crippen molar-refractivity contribution in [3.05, 3.63) is 23.8 Å². The van der Waals surface area contributed by atoms with Crippen LogP contribution in [0.5, 0.6) is 11.5 Å². The molecule has 1 aliphatic heterocycles. The molecule has 0 atom stereocenters. The minimum Gasteiger partial charge on any atom is -0.454 e. The van der Waals surface area contributed by atoms with Crippen LogP contribution in [0.4, 0.5) is 0 Å². The van der Waals surface area contributed by atoms with E-state index in [1.54, 1.807) is 0 Å². The van der Waals surface area contributed by atoms with E-state index < -0.39 is 0 Å². The van der Waals surface area contributed by atoms with E-state index in [4.69, 9.17) is 20.1 Å². The number of hydrogen-bond acceptors (Lipinski definition) is 5. The van der Waals surface area contributed by atoms with Crippen molar-refractivity contribution in [3.8, 4) is 11.5 Å². The first-order valence-electron chi connectivity index (χ1n) is 7.04. The summed E-state index contributed by atoms with van der Waals surface area (Å²) in [5.74, 6) is 7.54. The first kappa shape index (κ1) is 15.4. The van der Waals surface area contributed by atoms with Gasteiger partial charge in [0, 0.05) is 19.8 Å². The molecule has 0 amide bonds. The van der Waals surface area contributed by atoms with E-state index >= 15 is 0 Å². The van der Waals surface area contributed by atoms with Crippen molar-refractivity contribution in [1.82, 2.24) is 10.7 Å². The van der Waals surface area contributed by atoms with Gasteiger partial charge in [-0.3, -0.25) is 5.43 Å². The lowest BCUT2D eigenvalue weighted by Crippen LogP contribution is -2.42. The second kappa shape index (κ2) is 8.33. The molecule has 7 heteroatoms. The zero-order valence-electron chi connectivity index (χ0n) is 12.2. The smallest absolute Gasteiger partial charge is 0.231 e. The third kappa shape index (κ3) is 4.80. The molecule has 0 bridgehead atoms. The van der Waals surface area contributed by atoms with Crippen LogP contribution in [0.15, 0.2) is 23.2 Å². The monoisotopic (exact) mass is 294 g/mol. The van der Waals surface area contributed by atoms with Gasteiger partial charge in [-0.25, -0.2) is 10.8 Å². The molecule has 116 valence electrons. The first-order valence-corrected chi connectivity index (χ1v) is 7.04. The standard InChI is InChI=1S/C14H22N4O3/c1-2-19-7-3-6-16-14(18-15)17-9-11-4-5-12-13(8-11)21-10-20-12/h4-5,8H,2-3,6-7,9-10,15H2,1H3,(H2,16,17,18). The van der Waals surface area contributed by atoms with E-state index in [1.807, 2.05) is 25.1 Å². The predicted molar refractivity (Wildman–Crippen MR) is 80.1 cm³/mol. The van der Waals surface area contributed by atoms with Gasteiger partial charge in [0.1, 0.15) is 0 Å². The molecule has 2 rings (SSSR count). The lowest BCUT2D eigenvalue weighted by atomic mass is 10.2. The molecule has 0 saturated heterocycles. The van der Waals surface area contributed by atoms with Gasteiger partial charge in [0.25, 0.3) is 0 Å². The summed E-state index contributed by atoms with van der Waals surface area (Å²) in [6.07, 6.45) is 0.901. The highest BCUT2D eigenvalue weighted by atomic mass is 16.7. The number of nitrogens with two attached hydrogens (primary N) is 1. The number of nitrogens with zero attached hydrogens (tertiary/aromatic N) is 1. The number of benzene rings is 1. The third-order valence-electron chi connectivity index (χ3n) is 2.96. The van der Waals surface area contributed by atoms with Gasteiger partial charge in [0.2, 0.25) is 12.8 Å². The number of aliphatic imine (C=N–C) groups is 1. The molecule has 1 aromatic carbocycles. The number of nitrogens with one attached hydrogen (secondary N) is 2. The van der Waals surface area contributed by atoms with Gasteiger partial charge in [-0.15, -0.1) is 0 Å². The summed E-state index contributed by atoms with van der Waals surface area (Å²) < 4.78 is 15.9. The topological polar surface area (TPSA) is 90.1 Å². The molecule has 1 aromatic rings. The fraction of sp³-hybridized carbons (Fsp3) is 0.500. The average molecular weight is 294 g/mol. The second-order valence-corrected chi connectivity index (χ2v) is 4.47. The van der Waals surface area contributed by atoms with Crippen LogP contribution >= 0.6 is 0 Å². The Morgan fingerprint density at radius 3 is 3.05 bits per heavy atom. The molecule has 0 aromatic heterocycles. The molecular formula is C14H22N4O3. The van der Waals surface area contributed by atoms with Gasteiger partial charge in [0.15, 0.2) is 11.5 Å². The summed E-state index contributed by atoms with van der Waals surface area (Å²) in [4.78, 5) is 4.39. The molecule has 1 heterocycles. The van der Waals surface area contributed by atoms with Crippen molar-refractivity contribution in [2.24, 2.45) is 10.8 Å². The number of ether oxygens (including phenoxy) is 3. The molecular weight excluding hydrogens is 272 g/mol. The van der Waals surface area contributed by atoms with Gasteiger partial charge in [-0.2, -0.15) is 0 Å². The molecule has 0 radical (unpaired) electrons. The van der Waals surface area contributed by atoms with Gasteiger partial charge >= 0.3 is 0 Å². The lowest BCUT2D eigenvalue weighted by molar-refractivity contribution is 0.145. The largest absolute Gasteiger partial charge is 0.454 e. The third-order valence-corrected chi connectivity index (χ3v) is 2.96. The molecule has 0 saturated carbocycles. The van der Waals surface area contributed by atoms with E-state index in [-0.39, 0.29) is 6.79 Å². The van der Waals surface area contributed by atoms with E-state index in [2.05, 4.69) is 15.7 Å². The maximum atomic E-state index is 5.45. The number of hydrogen-bond donors (Lipinski definition) is 3. The van der Waals surface area contributed by atoms with Crippen molar-refractivity contribution in [3.63, 3.8) is 0 Å². The van der Waals surface area contributed by atoms with Gasteiger partial charge in [-0.1, -0.05) is 6.07 Å². The molecule has 0 spiro atoms. The highest BCUT2D eigenvalue weighted by Crippen LogP contribution is 2.32. The fourth-order valence-corrected chi connectivity index (χ4v) is 1.89. The van der Waals surface area contributed by atoms with Crippen molar-refractivity contribution in [1.29, 1.82) is 0 Å². The number of hydrazine groups is 1. The Bertz CT molecular complexity index is 479. The molecule has 0 aliphatic carbocycles. The van der Waals surface area contributed by atoms with Crippen molar-refractivity contribution >= 4 is 5.96 Å². The minimum atomic E-state index is 0.277. The average Bonchev–Trinajstić information content (AvgIpc) is 2.97. The Kier molecular flexibility index (Phi) is 6.11. The first-order chi connectivity index (χ1) is 10.3. The highest BCUT2D eigenvalue weighted by molar-refractivity contribution is 5.79. The fourth-order valence-electron chi connectivity index (χ4n) is 1.89. The van der Waals surface area contributed by atoms with Crippen molar-refractivity contribution < 1.29 is 14.2 Å². The van der Waals surface area contributed by atoms with Gasteiger partial charge < -0.3 is 19.5 Å². The van der Waals surface area contributed by atoms with Crippen LogP contribution in [-0.2, 0) is 11.3 Å². The molecule has 21 heavy (non-hydrogen) atoms. The quantitative estimate of drug-likeness (QED) is 0.226. The highest BCUT2D eigenvalue weighted by Gasteiger charge is 2.12. The maximum Gasteiger partial charge on any atom is 0.231 e. The molecule has 0 unspecified atom stereocenters. The number of rotatable bonds is 7. The van der Waals surface area contributed by atoms with Crippen molar-refractivity contribution in [2.45, 2.75) is 19.9 Å². The zero-order chi connectivity index (χ0) is 14.9. The van der Waals surface area contributed by atoms with Crippen LogP contribution in [0.1, 0.15) is 18.9 Å². The van der Waals surface area contributed by atoms with Crippen LogP contribution < -0.4 is 26.1 Å². The molecule has 7 nitrogen and oxygen atoms in total. The van der Waals surface area contributed by atoms with E-state index in [0.29, 0.717) is 12.5 Å². The molecule has 1 aliphatic rings. The van der Waals surface area contributed by atoms with Crippen LogP contribution in [-0.4, -0.2) is 32.5 Å². The summed E-state index contributed by atoms with van der Waals surface area (Å²) in [6, 6.07) is 5.77. The van der Waals surface area contributed by atoms with E-state index in [9.17, 15) is 0 Å². The second-order valence-electron chi connectivity index (χ2n) is 4.47. The van der Waals surface area contributed by atoms with E-state index in [1.165, 1.54) is 0 Å². The zero-order valence-corrected chi connectivity index (χ0v) is 12.2. The lowest BCUT2D eigenvalue weighted by Gasteiger charge is -2.09. The Morgan fingerprint density at radius 2 is 2.24 bits per heavy atom. The Balaban J connectivity index is 1.80. The Labute approximate surface area is 124 Å². The van der Waals surface area contributed by atoms with Crippen LogP contribution in [0.25, 0.3) is 0 Å². The van der Waals surface area contributed by atoms with Crippen LogP contribution in [0.2, 0.25) is 0 Å². The van der Waals surface area contributed by atoms with E-state index in [0.717, 1.165) is 43.2 Å². The summed E-state index contributed by atoms with van der Waals surface area (Å²) in [5, 5.41) is 3.13. The van der Waals surface area contributed by atoms with Gasteiger partial charge in [-0.05, 0) is 31.0 Å². The number of guanidine groups is 1. The summed E-state index contributed by atoms with van der Waals surface area (Å²) in [5.41, 5.74) is 3.59. The number of fused-ring (bicyclic) bond motifs is 1. The normalized spacial score (nSPS) is 13.3. The maximum absolute atomic E-state index is 5.45. The van der Waals surface area contributed by atoms with Gasteiger partial charge in [0.05, 0.1) is 6.54 Å². The Morgan fingerprint density at radius 1 is 1.38 bits per heavy atom. The predicted octanol–water partition coefficient (Wildman–Crippen LogP) is 0.751. The SMILES string of the molecule is CCOCCCNC(=NCc1ccc2c(c1)OCO2)NN. The molecule has 4 N–H and O–H groups in total.